The zero-order chi connectivity index (χ0) is 15.2. The number of aromatic nitrogens is 2. The molecule has 0 aliphatic heterocycles. The largest absolute Gasteiger partial charge is 0.330 e. The lowest BCUT2D eigenvalue weighted by Gasteiger charge is -2.13. The van der Waals surface area contributed by atoms with Crippen molar-refractivity contribution in [3.05, 3.63) is 58.4 Å². The molecular formula is C17H22FN3. The van der Waals surface area contributed by atoms with E-state index in [-0.39, 0.29) is 5.82 Å². The average Bonchev–Trinajstić information content (AvgIpc) is 2.50. The lowest BCUT2D eigenvalue weighted by Crippen LogP contribution is -2.13. The minimum Gasteiger partial charge on any atom is -0.330 e. The van der Waals surface area contributed by atoms with Crippen molar-refractivity contribution in [1.29, 1.82) is 0 Å². The van der Waals surface area contributed by atoms with E-state index >= 15 is 0 Å². The van der Waals surface area contributed by atoms with Crippen molar-refractivity contribution in [2.45, 2.75) is 39.5 Å². The van der Waals surface area contributed by atoms with E-state index < -0.39 is 0 Å². The molecule has 3 nitrogen and oxygen atoms in total. The minimum atomic E-state index is -0.221. The van der Waals surface area contributed by atoms with Crippen molar-refractivity contribution < 1.29 is 4.39 Å². The Labute approximate surface area is 125 Å². The fourth-order valence-electron chi connectivity index (χ4n) is 2.52. The van der Waals surface area contributed by atoms with Gasteiger partial charge in [-0.3, -0.25) is 0 Å². The summed E-state index contributed by atoms with van der Waals surface area (Å²) in [4.78, 5) is 9.35. The molecule has 0 atom stereocenters. The van der Waals surface area contributed by atoms with Gasteiger partial charge in [-0.15, -0.1) is 0 Å². The van der Waals surface area contributed by atoms with Crippen molar-refractivity contribution in [3.8, 4) is 0 Å². The van der Waals surface area contributed by atoms with Crippen molar-refractivity contribution >= 4 is 0 Å². The van der Waals surface area contributed by atoms with Crippen LogP contribution in [0.3, 0.4) is 0 Å². The van der Waals surface area contributed by atoms with E-state index in [1.807, 2.05) is 0 Å². The monoisotopic (exact) mass is 287 g/mol. The lowest BCUT2D eigenvalue weighted by molar-refractivity contribution is 0.627. The first-order valence-electron chi connectivity index (χ1n) is 7.50. The first-order valence-corrected chi connectivity index (χ1v) is 7.50. The Morgan fingerprint density at radius 2 is 1.57 bits per heavy atom. The van der Waals surface area contributed by atoms with Crippen LogP contribution in [0, 0.1) is 5.82 Å². The summed E-state index contributed by atoms with van der Waals surface area (Å²) in [5.74, 6) is 0.581. The summed E-state index contributed by atoms with van der Waals surface area (Å²) in [6, 6.07) is 6.51. The van der Waals surface area contributed by atoms with E-state index in [2.05, 4.69) is 23.8 Å². The molecule has 2 N–H and O–H groups in total. The molecular weight excluding hydrogens is 265 g/mol. The van der Waals surface area contributed by atoms with E-state index in [0.29, 0.717) is 13.0 Å². The molecule has 0 saturated heterocycles. The summed E-state index contributed by atoms with van der Waals surface area (Å²) in [6.45, 7) is 4.81. The number of halogens is 1. The molecule has 0 aliphatic rings. The maximum absolute atomic E-state index is 13.0. The van der Waals surface area contributed by atoms with Crippen molar-refractivity contribution in [3.63, 3.8) is 0 Å². The topological polar surface area (TPSA) is 51.8 Å². The summed E-state index contributed by atoms with van der Waals surface area (Å²) >= 11 is 0. The lowest BCUT2D eigenvalue weighted by atomic mass is 10.0. The molecule has 0 saturated carbocycles. The molecule has 112 valence electrons. The van der Waals surface area contributed by atoms with Crippen LogP contribution >= 0.6 is 0 Å². The summed E-state index contributed by atoms with van der Waals surface area (Å²) in [5, 5.41) is 0. The van der Waals surface area contributed by atoms with Gasteiger partial charge in [-0.25, -0.2) is 14.4 Å². The molecule has 2 rings (SSSR count). The van der Waals surface area contributed by atoms with Crippen LogP contribution in [0.25, 0.3) is 0 Å². The van der Waals surface area contributed by atoms with Gasteiger partial charge >= 0.3 is 0 Å². The zero-order valence-corrected chi connectivity index (χ0v) is 12.7. The van der Waals surface area contributed by atoms with Gasteiger partial charge in [0.15, 0.2) is 0 Å². The quantitative estimate of drug-likeness (QED) is 0.889. The third-order valence-corrected chi connectivity index (χ3v) is 3.56. The second-order valence-corrected chi connectivity index (χ2v) is 5.06. The van der Waals surface area contributed by atoms with E-state index in [0.717, 1.165) is 42.0 Å². The molecule has 0 unspecified atom stereocenters. The Morgan fingerprint density at radius 3 is 2.05 bits per heavy atom. The smallest absolute Gasteiger partial charge is 0.133 e. The summed E-state index contributed by atoms with van der Waals surface area (Å²) in [7, 11) is 0. The number of benzene rings is 1. The zero-order valence-electron chi connectivity index (χ0n) is 12.7. The first kappa shape index (κ1) is 15.6. The summed E-state index contributed by atoms with van der Waals surface area (Å²) < 4.78 is 13.0. The molecule has 1 aromatic heterocycles. The highest BCUT2D eigenvalue weighted by Crippen LogP contribution is 2.16. The van der Waals surface area contributed by atoms with Crippen LogP contribution in [0.15, 0.2) is 24.3 Å². The van der Waals surface area contributed by atoms with Gasteiger partial charge in [-0.2, -0.15) is 0 Å². The highest BCUT2D eigenvalue weighted by Gasteiger charge is 2.12. The number of rotatable bonds is 6. The number of nitrogens with two attached hydrogens (primary N) is 1. The van der Waals surface area contributed by atoms with Gasteiger partial charge in [0.25, 0.3) is 0 Å². The minimum absolute atomic E-state index is 0.221. The molecule has 0 spiro atoms. The Bertz CT molecular complexity index is 568. The van der Waals surface area contributed by atoms with E-state index in [1.165, 1.54) is 17.7 Å². The molecule has 2 aromatic rings. The fraction of sp³-hybridized carbons (Fsp3) is 0.412. The van der Waals surface area contributed by atoms with E-state index in [4.69, 9.17) is 5.73 Å². The molecule has 0 fully saturated rings. The standard InChI is InChI=1S/C17H22FN3/c1-3-15-14(9-10-19)16(4-2)21-17(20-15)11-12-5-7-13(18)8-6-12/h5-8H,3-4,9-11,19H2,1-2H3. The number of aryl methyl sites for hydroxylation is 2. The van der Waals surface area contributed by atoms with Crippen LogP contribution in [-0.2, 0) is 25.7 Å². The van der Waals surface area contributed by atoms with Crippen LogP contribution in [0.1, 0.15) is 42.2 Å². The first-order chi connectivity index (χ1) is 10.2. The van der Waals surface area contributed by atoms with E-state index in [1.54, 1.807) is 12.1 Å². The van der Waals surface area contributed by atoms with Crippen LogP contribution in [0.5, 0.6) is 0 Å². The molecule has 1 heterocycles. The Hall–Kier alpha value is -1.81. The van der Waals surface area contributed by atoms with Gasteiger partial charge in [0.05, 0.1) is 0 Å². The van der Waals surface area contributed by atoms with Crippen LogP contribution < -0.4 is 5.73 Å². The molecule has 4 heteroatoms. The second-order valence-electron chi connectivity index (χ2n) is 5.06. The molecule has 1 aromatic carbocycles. The van der Waals surface area contributed by atoms with E-state index in [9.17, 15) is 4.39 Å². The Morgan fingerprint density at radius 1 is 1.00 bits per heavy atom. The van der Waals surface area contributed by atoms with Gasteiger partial charge in [0, 0.05) is 17.8 Å². The summed E-state index contributed by atoms with van der Waals surface area (Å²) in [5.41, 5.74) is 10.1. The van der Waals surface area contributed by atoms with Crippen LogP contribution in [0.2, 0.25) is 0 Å². The van der Waals surface area contributed by atoms with Crippen molar-refractivity contribution in [2.24, 2.45) is 5.73 Å². The molecule has 0 aliphatic carbocycles. The molecule has 0 bridgehead atoms. The Balaban J connectivity index is 2.33. The van der Waals surface area contributed by atoms with Crippen molar-refractivity contribution in [1.82, 2.24) is 9.97 Å². The highest BCUT2D eigenvalue weighted by molar-refractivity contribution is 5.29. The highest BCUT2D eigenvalue weighted by atomic mass is 19.1. The maximum atomic E-state index is 13.0. The third-order valence-electron chi connectivity index (χ3n) is 3.56. The fourth-order valence-corrected chi connectivity index (χ4v) is 2.52. The van der Waals surface area contributed by atoms with Crippen LogP contribution in [0.4, 0.5) is 4.39 Å². The molecule has 0 amide bonds. The predicted molar refractivity (Wildman–Crippen MR) is 82.8 cm³/mol. The van der Waals surface area contributed by atoms with Gasteiger partial charge in [0.2, 0.25) is 0 Å². The van der Waals surface area contributed by atoms with Crippen molar-refractivity contribution in [2.75, 3.05) is 6.54 Å². The predicted octanol–water partition coefficient (Wildman–Crippen LogP) is 2.83. The van der Waals surface area contributed by atoms with Gasteiger partial charge in [-0.1, -0.05) is 26.0 Å². The number of hydrogen-bond donors (Lipinski definition) is 1. The SMILES string of the molecule is CCc1nc(Cc2ccc(F)cc2)nc(CC)c1CCN. The summed E-state index contributed by atoms with van der Waals surface area (Å²) in [6.07, 6.45) is 3.20. The third kappa shape index (κ3) is 3.85. The molecule has 0 radical (unpaired) electrons. The number of nitrogens with zero attached hydrogens (tertiary/aromatic N) is 2. The van der Waals surface area contributed by atoms with Gasteiger partial charge in [0.1, 0.15) is 11.6 Å². The average molecular weight is 287 g/mol. The maximum Gasteiger partial charge on any atom is 0.133 e. The van der Waals surface area contributed by atoms with Gasteiger partial charge in [-0.05, 0) is 49.1 Å². The van der Waals surface area contributed by atoms with Crippen LogP contribution in [-0.4, -0.2) is 16.5 Å². The second kappa shape index (κ2) is 7.27. The molecule has 21 heavy (non-hydrogen) atoms. The Kier molecular flexibility index (Phi) is 5.39. The van der Waals surface area contributed by atoms with Gasteiger partial charge < -0.3 is 5.73 Å². The normalized spacial score (nSPS) is 10.9. The number of hydrogen-bond acceptors (Lipinski definition) is 3.